The van der Waals surface area contributed by atoms with Crippen molar-refractivity contribution in [2.75, 3.05) is 4.90 Å². The van der Waals surface area contributed by atoms with Crippen LogP contribution in [0.3, 0.4) is 0 Å². The summed E-state index contributed by atoms with van der Waals surface area (Å²) in [6, 6.07) is 16.0. The van der Waals surface area contributed by atoms with E-state index in [4.69, 9.17) is 5.73 Å². The number of carbonyl (C=O) groups is 1. The first-order chi connectivity index (χ1) is 12.9. The van der Waals surface area contributed by atoms with Crippen LogP contribution in [-0.2, 0) is 4.79 Å². The Morgan fingerprint density at radius 3 is 2.56 bits per heavy atom. The van der Waals surface area contributed by atoms with Gasteiger partial charge in [0.25, 0.3) is 0 Å². The van der Waals surface area contributed by atoms with Crippen LogP contribution < -0.4 is 10.6 Å². The number of nitriles is 1. The van der Waals surface area contributed by atoms with Gasteiger partial charge in [-0.15, -0.1) is 11.3 Å². The van der Waals surface area contributed by atoms with Gasteiger partial charge in [0.2, 0.25) is 0 Å². The third-order valence-electron chi connectivity index (χ3n) is 5.22. The first-order valence-electron chi connectivity index (χ1n) is 8.97. The number of ketones is 1. The largest absolute Gasteiger partial charge is 0.384 e. The first kappa shape index (κ1) is 17.6. The maximum atomic E-state index is 13.2. The van der Waals surface area contributed by atoms with Crippen molar-refractivity contribution in [3.63, 3.8) is 0 Å². The highest BCUT2D eigenvalue weighted by molar-refractivity contribution is 7.10. The molecule has 0 saturated heterocycles. The second-order valence-electron chi connectivity index (χ2n) is 7.83. The molecule has 1 aliphatic carbocycles. The molecule has 2 heterocycles. The fraction of sp³-hybridized carbons (Fsp3) is 0.273. The van der Waals surface area contributed by atoms with Crippen molar-refractivity contribution >= 4 is 22.8 Å². The molecule has 1 aromatic heterocycles. The summed E-state index contributed by atoms with van der Waals surface area (Å²) >= 11 is 1.56. The molecule has 0 radical (unpaired) electrons. The van der Waals surface area contributed by atoms with Gasteiger partial charge in [-0.2, -0.15) is 5.26 Å². The summed E-state index contributed by atoms with van der Waals surface area (Å²) < 4.78 is 0. The zero-order valence-corrected chi connectivity index (χ0v) is 16.2. The number of rotatable bonds is 2. The molecule has 2 N–H and O–H groups in total. The molecule has 1 aliphatic heterocycles. The summed E-state index contributed by atoms with van der Waals surface area (Å²) in [5, 5.41) is 11.9. The van der Waals surface area contributed by atoms with Crippen LogP contribution in [0, 0.1) is 16.7 Å². The van der Waals surface area contributed by atoms with E-state index < -0.39 is 0 Å². The number of nitrogens with two attached hydrogens (primary N) is 1. The van der Waals surface area contributed by atoms with Crippen LogP contribution in [-0.4, -0.2) is 5.78 Å². The summed E-state index contributed by atoms with van der Waals surface area (Å²) in [6.45, 7) is 4.22. The van der Waals surface area contributed by atoms with E-state index in [0.29, 0.717) is 17.8 Å². The van der Waals surface area contributed by atoms with E-state index in [-0.39, 0.29) is 17.1 Å². The monoisotopic (exact) mass is 375 g/mol. The molecule has 136 valence electrons. The molecular weight excluding hydrogens is 354 g/mol. The molecule has 27 heavy (non-hydrogen) atoms. The molecule has 5 heteroatoms. The predicted octanol–water partition coefficient (Wildman–Crippen LogP) is 4.69. The van der Waals surface area contributed by atoms with Crippen molar-refractivity contribution in [3.8, 4) is 6.07 Å². The highest BCUT2D eigenvalue weighted by atomic mass is 32.1. The molecule has 0 bridgehead atoms. The van der Waals surface area contributed by atoms with E-state index >= 15 is 0 Å². The lowest BCUT2D eigenvalue weighted by Crippen LogP contribution is -2.42. The SMILES string of the molecule is CC1(C)CC(=O)C2=C(C1)N(c1ccccc1)C(N)=C(C#N)C2c1cccs1. The average molecular weight is 375 g/mol. The van der Waals surface area contributed by atoms with Gasteiger partial charge < -0.3 is 5.73 Å². The summed E-state index contributed by atoms with van der Waals surface area (Å²) in [5.41, 5.74) is 9.39. The fourth-order valence-corrected chi connectivity index (χ4v) is 4.96. The van der Waals surface area contributed by atoms with Gasteiger partial charge in [-0.1, -0.05) is 38.1 Å². The minimum Gasteiger partial charge on any atom is -0.384 e. The zero-order chi connectivity index (χ0) is 19.2. The van der Waals surface area contributed by atoms with Crippen LogP contribution in [0.1, 0.15) is 37.5 Å². The van der Waals surface area contributed by atoms with Crippen LogP contribution in [0.25, 0.3) is 0 Å². The van der Waals surface area contributed by atoms with Gasteiger partial charge >= 0.3 is 0 Å². The third-order valence-corrected chi connectivity index (χ3v) is 6.16. The Balaban J connectivity index is 2.00. The first-order valence-corrected chi connectivity index (χ1v) is 9.85. The van der Waals surface area contributed by atoms with Crippen molar-refractivity contribution in [2.24, 2.45) is 11.1 Å². The lowest BCUT2D eigenvalue weighted by Gasteiger charge is -2.43. The van der Waals surface area contributed by atoms with Gasteiger partial charge in [0.1, 0.15) is 5.82 Å². The zero-order valence-electron chi connectivity index (χ0n) is 15.4. The van der Waals surface area contributed by atoms with Crippen LogP contribution in [0.5, 0.6) is 0 Å². The number of Topliss-reactive ketones (excluding diaryl/α,β-unsaturated/α-hetero) is 1. The Hall–Kier alpha value is -2.84. The molecule has 0 spiro atoms. The second-order valence-corrected chi connectivity index (χ2v) is 8.81. The molecular formula is C22H21N3OS. The van der Waals surface area contributed by atoms with Gasteiger partial charge in [0, 0.05) is 28.3 Å². The standard InChI is InChI=1S/C22H21N3OS/c1-22(2)11-16-20(17(26)12-22)19(18-9-6-10-27-18)15(13-23)21(24)25(16)14-7-4-3-5-8-14/h3-10,19H,11-12,24H2,1-2H3. The van der Waals surface area contributed by atoms with Gasteiger partial charge in [-0.05, 0) is 35.4 Å². The van der Waals surface area contributed by atoms with Crippen LogP contribution in [0.2, 0.25) is 0 Å². The Morgan fingerprint density at radius 1 is 1.19 bits per heavy atom. The molecule has 2 aliphatic rings. The average Bonchev–Trinajstić information content (AvgIpc) is 3.14. The van der Waals surface area contributed by atoms with Crippen molar-refractivity contribution < 1.29 is 4.79 Å². The molecule has 0 saturated carbocycles. The van der Waals surface area contributed by atoms with Gasteiger partial charge in [-0.3, -0.25) is 9.69 Å². The number of thiophene rings is 1. The Kier molecular flexibility index (Phi) is 4.16. The van der Waals surface area contributed by atoms with Gasteiger partial charge in [0.05, 0.1) is 17.6 Å². The van der Waals surface area contributed by atoms with E-state index in [1.807, 2.05) is 52.7 Å². The van der Waals surface area contributed by atoms with Crippen molar-refractivity contribution in [1.29, 1.82) is 5.26 Å². The quantitative estimate of drug-likeness (QED) is 0.827. The summed E-state index contributed by atoms with van der Waals surface area (Å²) in [5.74, 6) is 0.167. The summed E-state index contributed by atoms with van der Waals surface area (Å²) in [6.07, 6.45) is 1.22. The number of nitrogens with zero attached hydrogens (tertiary/aromatic N) is 2. The maximum absolute atomic E-state index is 13.2. The Labute approximate surface area is 163 Å². The normalized spacial score (nSPS) is 21.9. The molecule has 1 atom stereocenters. The number of para-hydroxylation sites is 1. The van der Waals surface area contributed by atoms with Crippen molar-refractivity contribution in [3.05, 3.63) is 75.4 Å². The van der Waals surface area contributed by atoms with Gasteiger partial charge in [0.15, 0.2) is 5.78 Å². The number of allylic oxidation sites excluding steroid dienone is 3. The molecule has 0 amide bonds. The minimum absolute atomic E-state index is 0.112. The molecule has 1 aromatic carbocycles. The highest BCUT2D eigenvalue weighted by Gasteiger charge is 2.44. The molecule has 4 nitrogen and oxygen atoms in total. The van der Waals surface area contributed by atoms with E-state index in [1.54, 1.807) is 11.3 Å². The van der Waals surface area contributed by atoms with E-state index in [2.05, 4.69) is 19.9 Å². The number of benzene rings is 1. The number of hydrogen-bond acceptors (Lipinski definition) is 5. The van der Waals surface area contributed by atoms with Gasteiger partial charge in [-0.25, -0.2) is 0 Å². The third kappa shape index (κ3) is 2.87. The van der Waals surface area contributed by atoms with Crippen LogP contribution in [0.15, 0.2) is 70.5 Å². The number of hydrogen-bond donors (Lipinski definition) is 1. The fourth-order valence-electron chi connectivity index (χ4n) is 4.12. The van der Waals surface area contributed by atoms with E-state index in [9.17, 15) is 10.1 Å². The smallest absolute Gasteiger partial charge is 0.162 e. The minimum atomic E-state index is -0.367. The molecule has 1 unspecified atom stereocenters. The summed E-state index contributed by atoms with van der Waals surface area (Å²) in [7, 11) is 0. The number of carbonyl (C=O) groups excluding carboxylic acids is 1. The van der Waals surface area contributed by atoms with Crippen molar-refractivity contribution in [1.82, 2.24) is 0 Å². The van der Waals surface area contributed by atoms with E-state index in [0.717, 1.165) is 28.3 Å². The van der Waals surface area contributed by atoms with Crippen molar-refractivity contribution in [2.45, 2.75) is 32.6 Å². The summed E-state index contributed by atoms with van der Waals surface area (Å²) in [4.78, 5) is 16.1. The van der Waals surface area contributed by atoms with Crippen LogP contribution in [0.4, 0.5) is 5.69 Å². The topological polar surface area (TPSA) is 70.1 Å². The number of anilines is 1. The van der Waals surface area contributed by atoms with Crippen LogP contribution >= 0.6 is 11.3 Å². The molecule has 0 fully saturated rings. The lowest BCUT2D eigenvalue weighted by molar-refractivity contribution is -0.118. The predicted molar refractivity (Wildman–Crippen MR) is 108 cm³/mol. The lowest BCUT2D eigenvalue weighted by atomic mass is 9.69. The molecule has 4 rings (SSSR count). The Bertz CT molecular complexity index is 994. The molecule has 2 aromatic rings. The van der Waals surface area contributed by atoms with E-state index in [1.165, 1.54) is 0 Å². The Morgan fingerprint density at radius 2 is 1.93 bits per heavy atom. The maximum Gasteiger partial charge on any atom is 0.162 e. The second kappa shape index (κ2) is 6.40. The highest BCUT2D eigenvalue weighted by Crippen LogP contribution is 2.50.